The predicted octanol–water partition coefficient (Wildman–Crippen LogP) is 2.02. The highest BCUT2D eigenvalue weighted by atomic mass is 16.3. The zero-order valence-electron chi connectivity index (χ0n) is 9.50. The predicted molar refractivity (Wildman–Crippen MR) is 58.2 cm³/mol. The Labute approximate surface area is 87.3 Å². The molecule has 14 heavy (non-hydrogen) atoms. The Morgan fingerprint density at radius 1 is 1.43 bits per heavy atom. The fourth-order valence-corrected chi connectivity index (χ4v) is 2.98. The molecule has 0 aromatic rings. The summed E-state index contributed by atoms with van der Waals surface area (Å²) < 4.78 is 0. The van der Waals surface area contributed by atoms with Crippen LogP contribution in [0.25, 0.3) is 0 Å². The van der Waals surface area contributed by atoms with Crippen LogP contribution in [0.15, 0.2) is 0 Å². The van der Waals surface area contributed by atoms with Crippen molar-refractivity contribution in [3.8, 4) is 0 Å². The summed E-state index contributed by atoms with van der Waals surface area (Å²) in [4.78, 5) is 2.53. The van der Waals surface area contributed by atoms with Crippen molar-refractivity contribution in [3.63, 3.8) is 0 Å². The summed E-state index contributed by atoms with van der Waals surface area (Å²) in [5.74, 6) is 0. The molecule has 2 nitrogen and oxygen atoms in total. The number of rotatable bonds is 2. The summed E-state index contributed by atoms with van der Waals surface area (Å²) in [5, 5.41) is 9.85. The van der Waals surface area contributed by atoms with Gasteiger partial charge in [0, 0.05) is 12.6 Å². The van der Waals surface area contributed by atoms with Crippen molar-refractivity contribution in [2.75, 3.05) is 13.1 Å². The van der Waals surface area contributed by atoms with Crippen LogP contribution >= 0.6 is 0 Å². The van der Waals surface area contributed by atoms with Gasteiger partial charge in [0.25, 0.3) is 0 Å². The van der Waals surface area contributed by atoms with Gasteiger partial charge < -0.3 is 5.11 Å². The molecule has 1 saturated carbocycles. The van der Waals surface area contributed by atoms with Gasteiger partial charge in [-0.3, -0.25) is 4.90 Å². The van der Waals surface area contributed by atoms with Crippen molar-refractivity contribution >= 4 is 0 Å². The van der Waals surface area contributed by atoms with E-state index in [1.54, 1.807) is 0 Å². The van der Waals surface area contributed by atoms with E-state index in [9.17, 15) is 5.11 Å². The lowest BCUT2D eigenvalue weighted by atomic mass is 9.87. The van der Waals surface area contributed by atoms with E-state index >= 15 is 0 Å². The zero-order chi connectivity index (χ0) is 10.2. The highest BCUT2D eigenvalue weighted by Crippen LogP contribution is 2.37. The lowest BCUT2D eigenvalue weighted by molar-refractivity contribution is 0.0782. The number of nitrogens with zero attached hydrogens (tertiary/aromatic N) is 1. The Hall–Kier alpha value is -0.0800. The molecule has 3 atom stereocenters. The summed E-state index contributed by atoms with van der Waals surface area (Å²) in [6.07, 6.45) is 5.98. The monoisotopic (exact) mass is 197 g/mol. The molecule has 1 unspecified atom stereocenters. The first kappa shape index (κ1) is 10.4. The number of hydrogen-bond acceptors (Lipinski definition) is 2. The van der Waals surface area contributed by atoms with E-state index < -0.39 is 0 Å². The molecular formula is C12H23NO. The first-order chi connectivity index (χ1) is 6.64. The van der Waals surface area contributed by atoms with Gasteiger partial charge in [0.15, 0.2) is 0 Å². The Balaban J connectivity index is 1.95. The van der Waals surface area contributed by atoms with Crippen molar-refractivity contribution in [2.45, 2.75) is 58.1 Å². The van der Waals surface area contributed by atoms with Crippen molar-refractivity contribution in [1.82, 2.24) is 4.90 Å². The van der Waals surface area contributed by atoms with E-state index in [4.69, 9.17) is 0 Å². The molecule has 2 heteroatoms. The average molecular weight is 197 g/mol. The number of aliphatic hydroxyl groups excluding tert-OH is 1. The number of hydrogen-bond donors (Lipinski definition) is 1. The van der Waals surface area contributed by atoms with Crippen LogP contribution in [-0.2, 0) is 0 Å². The molecule has 0 spiro atoms. The fraction of sp³-hybridized carbons (Fsp3) is 1.00. The second kappa shape index (κ2) is 3.82. The summed E-state index contributed by atoms with van der Waals surface area (Å²) in [6.45, 7) is 7.07. The van der Waals surface area contributed by atoms with Crippen LogP contribution in [0.4, 0.5) is 0 Å². The van der Waals surface area contributed by atoms with Gasteiger partial charge in [-0.2, -0.15) is 0 Å². The maximum absolute atomic E-state index is 9.85. The topological polar surface area (TPSA) is 23.5 Å². The quantitative estimate of drug-likeness (QED) is 0.732. The molecule has 1 aliphatic heterocycles. The van der Waals surface area contributed by atoms with Gasteiger partial charge in [-0.05, 0) is 44.1 Å². The van der Waals surface area contributed by atoms with E-state index in [2.05, 4.69) is 18.7 Å². The lowest BCUT2D eigenvalue weighted by Crippen LogP contribution is -2.39. The molecule has 2 rings (SSSR count). The zero-order valence-corrected chi connectivity index (χ0v) is 9.50. The van der Waals surface area contributed by atoms with Crippen LogP contribution in [0.1, 0.15) is 46.0 Å². The average Bonchev–Trinajstić information content (AvgIpc) is 2.73. The van der Waals surface area contributed by atoms with Crippen molar-refractivity contribution in [2.24, 2.45) is 5.41 Å². The standard InChI is InChI=1S/C12H23NO/c1-3-12(2)7-8-13(9-12)10-5-4-6-11(10)14/h10-11,14H,3-9H2,1-2H3/t10-,11-,12?/m0/s1. The van der Waals surface area contributed by atoms with E-state index in [1.165, 1.54) is 38.8 Å². The Morgan fingerprint density at radius 2 is 2.21 bits per heavy atom. The van der Waals surface area contributed by atoms with Crippen LogP contribution in [0.2, 0.25) is 0 Å². The molecule has 1 heterocycles. The molecule has 2 aliphatic rings. The van der Waals surface area contributed by atoms with Crippen LogP contribution in [0.5, 0.6) is 0 Å². The molecule has 82 valence electrons. The highest BCUT2D eigenvalue weighted by molar-refractivity contribution is 4.93. The van der Waals surface area contributed by atoms with E-state index in [-0.39, 0.29) is 6.10 Å². The molecule has 0 bridgehead atoms. The van der Waals surface area contributed by atoms with E-state index in [0.717, 1.165) is 6.42 Å². The second-order valence-electron chi connectivity index (χ2n) is 5.45. The van der Waals surface area contributed by atoms with Gasteiger partial charge in [-0.1, -0.05) is 13.8 Å². The third kappa shape index (κ3) is 1.82. The van der Waals surface area contributed by atoms with Crippen molar-refractivity contribution < 1.29 is 5.11 Å². The van der Waals surface area contributed by atoms with Crippen LogP contribution in [-0.4, -0.2) is 35.2 Å². The van der Waals surface area contributed by atoms with Crippen molar-refractivity contribution in [1.29, 1.82) is 0 Å². The molecule has 1 aliphatic carbocycles. The summed E-state index contributed by atoms with van der Waals surface area (Å²) in [7, 11) is 0. The fourth-order valence-electron chi connectivity index (χ4n) is 2.98. The summed E-state index contributed by atoms with van der Waals surface area (Å²) in [6, 6.07) is 0.475. The smallest absolute Gasteiger partial charge is 0.0695 e. The van der Waals surface area contributed by atoms with E-state index in [1.807, 2.05) is 0 Å². The second-order valence-corrected chi connectivity index (χ2v) is 5.45. The van der Waals surface area contributed by atoms with Gasteiger partial charge in [-0.25, -0.2) is 0 Å². The molecule has 0 radical (unpaired) electrons. The SMILES string of the molecule is CCC1(C)CCN([C@H]2CCC[C@@H]2O)C1. The Bertz CT molecular complexity index is 206. The van der Waals surface area contributed by atoms with Gasteiger partial charge in [0.05, 0.1) is 6.10 Å². The number of likely N-dealkylation sites (tertiary alicyclic amines) is 1. The molecule has 0 amide bonds. The molecule has 0 aromatic heterocycles. The molecule has 0 aromatic carbocycles. The molecule has 1 saturated heterocycles. The first-order valence-electron chi connectivity index (χ1n) is 6.07. The third-order valence-electron chi connectivity index (χ3n) is 4.35. The molecule has 2 fully saturated rings. The van der Waals surface area contributed by atoms with Gasteiger partial charge >= 0.3 is 0 Å². The van der Waals surface area contributed by atoms with Crippen LogP contribution in [0.3, 0.4) is 0 Å². The Kier molecular flexibility index (Phi) is 2.85. The van der Waals surface area contributed by atoms with Gasteiger partial charge in [-0.15, -0.1) is 0 Å². The van der Waals surface area contributed by atoms with E-state index in [0.29, 0.717) is 11.5 Å². The Morgan fingerprint density at radius 3 is 2.71 bits per heavy atom. The molecular weight excluding hydrogens is 174 g/mol. The third-order valence-corrected chi connectivity index (χ3v) is 4.35. The summed E-state index contributed by atoms with van der Waals surface area (Å²) >= 11 is 0. The minimum atomic E-state index is -0.0470. The lowest BCUT2D eigenvalue weighted by Gasteiger charge is -2.29. The minimum absolute atomic E-state index is 0.0470. The maximum Gasteiger partial charge on any atom is 0.0695 e. The highest BCUT2D eigenvalue weighted by Gasteiger charge is 2.39. The van der Waals surface area contributed by atoms with Crippen LogP contribution < -0.4 is 0 Å². The van der Waals surface area contributed by atoms with Gasteiger partial charge in [0.2, 0.25) is 0 Å². The molecule has 1 N–H and O–H groups in total. The van der Waals surface area contributed by atoms with Gasteiger partial charge in [0.1, 0.15) is 0 Å². The largest absolute Gasteiger partial charge is 0.391 e. The maximum atomic E-state index is 9.85. The van der Waals surface area contributed by atoms with Crippen molar-refractivity contribution in [3.05, 3.63) is 0 Å². The van der Waals surface area contributed by atoms with Crippen LogP contribution in [0, 0.1) is 5.41 Å². The first-order valence-corrected chi connectivity index (χ1v) is 6.07. The summed E-state index contributed by atoms with van der Waals surface area (Å²) in [5.41, 5.74) is 0.516. The normalized spacial score (nSPS) is 44.8. The minimum Gasteiger partial charge on any atom is -0.391 e. The number of aliphatic hydroxyl groups is 1.